The molecule has 0 bridgehead atoms. The quantitative estimate of drug-likeness (QED) is 0.695. The molecule has 3 aromatic rings. The molecule has 1 aliphatic heterocycles. The minimum absolute atomic E-state index is 0.267. The molecule has 0 atom stereocenters. The summed E-state index contributed by atoms with van der Waals surface area (Å²) in [5.74, 6) is 0.937. The van der Waals surface area contributed by atoms with Crippen molar-refractivity contribution < 1.29 is 9.53 Å². The van der Waals surface area contributed by atoms with Gasteiger partial charge < -0.3 is 9.72 Å². The maximum Gasteiger partial charge on any atom is 0.250 e. The van der Waals surface area contributed by atoms with Crippen molar-refractivity contribution in [2.24, 2.45) is 0 Å². The zero-order chi connectivity index (χ0) is 17.2. The molecule has 2 heterocycles. The highest BCUT2D eigenvalue weighted by molar-refractivity contribution is 6.30. The van der Waals surface area contributed by atoms with Crippen molar-refractivity contribution in [1.82, 2.24) is 9.97 Å². The fourth-order valence-electron chi connectivity index (χ4n) is 2.62. The van der Waals surface area contributed by atoms with Gasteiger partial charge in [0.15, 0.2) is 0 Å². The molecule has 1 amide bonds. The van der Waals surface area contributed by atoms with Gasteiger partial charge in [-0.2, -0.15) is 0 Å². The highest BCUT2D eigenvalue weighted by atomic mass is 35.5. The van der Waals surface area contributed by atoms with Gasteiger partial charge in [-0.25, -0.2) is 4.98 Å². The first-order valence-electron chi connectivity index (χ1n) is 7.74. The number of aromatic amines is 1. The second kappa shape index (κ2) is 6.45. The Morgan fingerprint density at radius 2 is 2.16 bits per heavy atom. The Morgan fingerprint density at radius 3 is 3.04 bits per heavy atom. The Hall–Kier alpha value is -3.05. The summed E-state index contributed by atoms with van der Waals surface area (Å²) >= 11 is 6.00. The van der Waals surface area contributed by atoms with Gasteiger partial charge in [-0.15, -0.1) is 0 Å². The summed E-state index contributed by atoms with van der Waals surface area (Å²) in [6, 6.07) is 13.0. The molecule has 0 unspecified atom stereocenters. The Balaban J connectivity index is 1.47. The van der Waals surface area contributed by atoms with E-state index < -0.39 is 0 Å². The normalized spacial score (nSPS) is 13.4. The van der Waals surface area contributed by atoms with Gasteiger partial charge in [0.05, 0.1) is 11.0 Å². The lowest BCUT2D eigenvalue weighted by molar-refractivity contribution is -0.111. The molecule has 6 heteroatoms. The number of H-pyrrole nitrogens is 1. The molecule has 25 heavy (non-hydrogen) atoms. The molecule has 5 nitrogen and oxygen atoms in total. The molecule has 0 fully saturated rings. The van der Waals surface area contributed by atoms with Crippen LogP contribution in [0.2, 0.25) is 5.02 Å². The summed E-state index contributed by atoms with van der Waals surface area (Å²) in [5.41, 5.74) is 3.46. The molecule has 0 aliphatic carbocycles. The summed E-state index contributed by atoms with van der Waals surface area (Å²) in [6.45, 7) is 0.406. The zero-order valence-corrected chi connectivity index (χ0v) is 13.9. The summed E-state index contributed by atoms with van der Waals surface area (Å²) in [4.78, 5) is 19.4. The second-order valence-electron chi connectivity index (χ2n) is 5.62. The van der Waals surface area contributed by atoms with Crippen molar-refractivity contribution in [3.05, 3.63) is 70.8 Å². The van der Waals surface area contributed by atoms with Crippen molar-refractivity contribution in [1.29, 1.82) is 0 Å². The van der Waals surface area contributed by atoms with Gasteiger partial charge in [-0.1, -0.05) is 29.8 Å². The van der Waals surface area contributed by atoms with E-state index in [1.54, 1.807) is 12.1 Å². The van der Waals surface area contributed by atoms with E-state index in [2.05, 4.69) is 15.3 Å². The Bertz CT molecular complexity index is 987. The number of para-hydroxylation sites is 2. The third-order valence-corrected chi connectivity index (χ3v) is 4.02. The van der Waals surface area contributed by atoms with Crippen LogP contribution in [-0.2, 0) is 4.79 Å². The number of carbonyl (C=O) groups is 1. The van der Waals surface area contributed by atoms with Crippen molar-refractivity contribution in [3.8, 4) is 5.75 Å². The number of aromatic nitrogens is 2. The van der Waals surface area contributed by atoms with Crippen LogP contribution in [0.1, 0.15) is 5.56 Å². The minimum Gasteiger partial charge on any atom is -0.488 e. The summed E-state index contributed by atoms with van der Waals surface area (Å²) in [6.07, 6.45) is 5.13. The summed E-state index contributed by atoms with van der Waals surface area (Å²) in [7, 11) is 0. The number of hydrogen-bond donors (Lipinski definition) is 2. The fraction of sp³-hybridized carbons (Fsp3) is 0.0526. The van der Waals surface area contributed by atoms with Crippen LogP contribution in [0.3, 0.4) is 0 Å². The lowest BCUT2D eigenvalue weighted by atomic mass is 10.1. The highest BCUT2D eigenvalue weighted by Gasteiger charge is 2.10. The molecular weight excluding hydrogens is 338 g/mol. The van der Waals surface area contributed by atoms with Crippen LogP contribution < -0.4 is 10.1 Å². The van der Waals surface area contributed by atoms with E-state index in [-0.39, 0.29) is 5.91 Å². The fourth-order valence-corrected chi connectivity index (χ4v) is 2.80. The van der Waals surface area contributed by atoms with Gasteiger partial charge in [0.1, 0.15) is 12.4 Å². The van der Waals surface area contributed by atoms with Crippen LogP contribution in [-0.4, -0.2) is 22.5 Å². The molecule has 2 N–H and O–H groups in total. The van der Waals surface area contributed by atoms with E-state index in [0.29, 0.717) is 17.6 Å². The number of benzene rings is 2. The average Bonchev–Trinajstić information content (AvgIpc) is 3.01. The van der Waals surface area contributed by atoms with Gasteiger partial charge in [0.25, 0.3) is 5.91 Å². The van der Waals surface area contributed by atoms with Crippen LogP contribution in [0.4, 0.5) is 5.95 Å². The third-order valence-electron chi connectivity index (χ3n) is 3.79. The largest absolute Gasteiger partial charge is 0.488 e. The van der Waals surface area contributed by atoms with E-state index in [0.717, 1.165) is 27.9 Å². The van der Waals surface area contributed by atoms with Gasteiger partial charge in [-0.3, -0.25) is 10.1 Å². The number of amides is 1. The van der Waals surface area contributed by atoms with Crippen molar-refractivity contribution >= 4 is 40.6 Å². The maximum atomic E-state index is 12.1. The average molecular weight is 352 g/mol. The molecule has 1 aliphatic rings. The van der Waals surface area contributed by atoms with Crippen LogP contribution >= 0.6 is 11.6 Å². The van der Waals surface area contributed by atoms with Gasteiger partial charge in [-0.05, 0) is 42.0 Å². The lowest BCUT2D eigenvalue weighted by Crippen LogP contribution is -2.10. The Labute approximate surface area is 149 Å². The van der Waals surface area contributed by atoms with Gasteiger partial charge >= 0.3 is 0 Å². The highest BCUT2D eigenvalue weighted by Crippen LogP contribution is 2.29. The SMILES string of the molecule is O=C(/C=C/C1=Cc2cc(Cl)ccc2OC1)Nc1nc2ccccc2[nH]1. The van der Waals surface area contributed by atoms with Crippen LogP contribution in [0.25, 0.3) is 17.1 Å². The third kappa shape index (κ3) is 3.41. The summed E-state index contributed by atoms with van der Waals surface area (Å²) < 4.78 is 5.65. The molecule has 0 saturated heterocycles. The monoisotopic (exact) mass is 351 g/mol. The number of ether oxygens (including phenoxy) is 1. The summed E-state index contributed by atoms with van der Waals surface area (Å²) in [5, 5.41) is 3.36. The van der Waals surface area contributed by atoms with E-state index in [4.69, 9.17) is 16.3 Å². The van der Waals surface area contributed by atoms with Crippen LogP contribution in [0.5, 0.6) is 5.75 Å². The van der Waals surface area contributed by atoms with E-state index in [9.17, 15) is 4.79 Å². The zero-order valence-electron chi connectivity index (χ0n) is 13.1. The predicted molar refractivity (Wildman–Crippen MR) is 98.8 cm³/mol. The first kappa shape index (κ1) is 15.5. The number of nitrogens with one attached hydrogen (secondary N) is 2. The molecule has 0 saturated carbocycles. The number of hydrogen-bond acceptors (Lipinski definition) is 3. The second-order valence-corrected chi connectivity index (χ2v) is 6.05. The number of carbonyl (C=O) groups excluding carboxylic acids is 1. The molecule has 0 spiro atoms. The maximum absolute atomic E-state index is 12.1. The Kier molecular flexibility index (Phi) is 3.99. The number of halogens is 1. The van der Waals surface area contributed by atoms with Crippen LogP contribution in [0.15, 0.2) is 60.2 Å². The number of fused-ring (bicyclic) bond motifs is 2. The van der Waals surface area contributed by atoms with Gasteiger partial charge in [0, 0.05) is 16.7 Å². The van der Waals surface area contributed by atoms with Crippen molar-refractivity contribution in [2.75, 3.05) is 11.9 Å². The first-order valence-corrected chi connectivity index (χ1v) is 8.12. The van der Waals surface area contributed by atoms with Gasteiger partial charge in [0.2, 0.25) is 5.95 Å². The number of anilines is 1. The predicted octanol–water partition coefficient (Wildman–Crippen LogP) is 4.19. The Morgan fingerprint density at radius 1 is 1.28 bits per heavy atom. The molecule has 4 rings (SSSR count). The van der Waals surface area contributed by atoms with E-state index in [1.165, 1.54) is 6.08 Å². The van der Waals surface area contributed by atoms with Crippen LogP contribution in [0, 0.1) is 0 Å². The first-order chi connectivity index (χ1) is 12.2. The molecular formula is C19H14ClN3O2. The minimum atomic E-state index is -0.267. The number of imidazole rings is 1. The standard InChI is InChI=1S/C19H14ClN3O2/c20-14-6-7-17-13(10-14)9-12(11-25-17)5-8-18(24)23-19-21-15-3-1-2-4-16(15)22-19/h1-10H,11H2,(H2,21,22,23,24)/b8-5+. The van der Waals surface area contributed by atoms with Crippen molar-refractivity contribution in [3.63, 3.8) is 0 Å². The molecule has 124 valence electrons. The smallest absolute Gasteiger partial charge is 0.250 e. The van der Waals surface area contributed by atoms with Crippen molar-refractivity contribution in [2.45, 2.75) is 0 Å². The number of rotatable bonds is 3. The van der Waals surface area contributed by atoms with E-state index in [1.807, 2.05) is 42.5 Å². The van der Waals surface area contributed by atoms with E-state index >= 15 is 0 Å². The molecule has 2 aromatic carbocycles. The number of nitrogens with zero attached hydrogens (tertiary/aromatic N) is 1. The molecule has 1 aromatic heterocycles. The topological polar surface area (TPSA) is 67.0 Å². The molecule has 0 radical (unpaired) electrons. The lowest BCUT2D eigenvalue weighted by Gasteiger charge is -2.16.